The lowest BCUT2D eigenvalue weighted by Crippen LogP contribution is -2.54. The molecule has 2 N–H and O–H groups in total. The van der Waals surface area contributed by atoms with Gasteiger partial charge in [-0.15, -0.1) is 0 Å². The highest BCUT2D eigenvalue weighted by Gasteiger charge is 2.60. The van der Waals surface area contributed by atoms with Crippen molar-refractivity contribution in [1.29, 1.82) is 0 Å². The van der Waals surface area contributed by atoms with E-state index < -0.39 is 5.97 Å². The zero-order valence-electron chi connectivity index (χ0n) is 23.3. The minimum Gasteiger partial charge on any atom is -0.481 e. The fourth-order valence-corrected chi connectivity index (χ4v) is 10.3. The van der Waals surface area contributed by atoms with E-state index in [9.17, 15) is 10.1 Å². The highest BCUT2D eigenvalue weighted by molar-refractivity contribution is 5.66. The molecule has 0 amide bonds. The predicted molar refractivity (Wildman–Crippen MR) is 141 cm³/mol. The SMILES string of the molecule is CC(C)CCCC(C)C1CCC2C3CCC4CC(C(CCC(=O)O)OO)CCC4(C)C3CCC12C. The van der Waals surface area contributed by atoms with E-state index in [4.69, 9.17) is 9.99 Å². The van der Waals surface area contributed by atoms with Crippen LogP contribution in [0.25, 0.3) is 0 Å². The van der Waals surface area contributed by atoms with Crippen molar-refractivity contribution in [2.75, 3.05) is 0 Å². The van der Waals surface area contributed by atoms with Gasteiger partial charge < -0.3 is 5.11 Å². The average Bonchev–Trinajstić information content (AvgIpc) is 3.16. The molecular weight excluding hydrogens is 436 g/mol. The van der Waals surface area contributed by atoms with Crippen LogP contribution in [0, 0.1) is 58.2 Å². The molecule has 4 rings (SSSR count). The molecule has 4 fully saturated rings. The van der Waals surface area contributed by atoms with Gasteiger partial charge in [-0.2, -0.15) is 0 Å². The molecule has 0 radical (unpaired) electrons. The Balaban J connectivity index is 1.41. The smallest absolute Gasteiger partial charge is 0.303 e. The highest BCUT2D eigenvalue weighted by Crippen LogP contribution is 2.68. The molecule has 0 aromatic heterocycles. The van der Waals surface area contributed by atoms with Gasteiger partial charge in [0.25, 0.3) is 0 Å². The first-order valence-electron chi connectivity index (χ1n) is 15.1. The molecule has 0 aromatic carbocycles. The van der Waals surface area contributed by atoms with Crippen molar-refractivity contribution in [3.8, 4) is 0 Å². The molecule has 0 aliphatic heterocycles. The number of aliphatic carboxylic acids is 1. The van der Waals surface area contributed by atoms with Crippen molar-refractivity contribution in [1.82, 2.24) is 0 Å². The lowest BCUT2D eigenvalue weighted by Gasteiger charge is -2.61. The van der Waals surface area contributed by atoms with Gasteiger partial charge >= 0.3 is 5.97 Å². The standard InChI is InChI=1S/C31H54O4/c1-20(2)7-6-8-21(3)25-11-12-26-24-10-9-23-19-22(28(35-34)13-14-29(32)33)15-17-30(23,4)27(24)16-18-31(25,26)5/h20-28,34H,6-19H2,1-5H3,(H,32,33). The van der Waals surface area contributed by atoms with Gasteiger partial charge in [0.2, 0.25) is 0 Å². The number of rotatable bonds is 10. The monoisotopic (exact) mass is 490 g/mol. The predicted octanol–water partition coefficient (Wildman–Crippen LogP) is 8.45. The van der Waals surface area contributed by atoms with E-state index in [1.165, 1.54) is 64.2 Å². The quantitative estimate of drug-likeness (QED) is 0.238. The third-order valence-electron chi connectivity index (χ3n) is 12.2. The van der Waals surface area contributed by atoms with Crippen LogP contribution in [0.4, 0.5) is 0 Å². The molecule has 4 aliphatic rings. The van der Waals surface area contributed by atoms with E-state index in [1.807, 2.05) is 0 Å². The van der Waals surface area contributed by atoms with Crippen LogP contribution in [0.1, 0.15) is 125 Å². The van der Waals surface area contributed by atoms with Gasteiger partial charge in [-0.05, 0) is 122 Å². The summed E-state index contributed by atoms with van der Waals surface area (Å²) in [5.74, 6) is 5.46. The number of hydrogen-bond donors (Lipinski definition) is 2. The molecule has 4 aliphatic carbocycles. The van der Waals surface area contributed by atoms with Crippen LogP contribution in [0.15, 0.2) is 0 Å². The third-order valence-corrected chi connectivity index (χ3v) is 12.2. The van der Waals surface area contributed by atoms with E-state index >= 15 is 0 Å². The third kappa shape index (κ3) is 5.35. The van der Waals surface area contributed by atoms with Crippen molar-refractivity contribution in [2.45, 2.75) is 131 Å². The van der Waals surface area contributed by atoms with Crippen LogP contribution in [-0.4, -0.2) is 22.4 Å². The number of carbonyl (C=O) groups is 1. The van der Waals surface area contributed by atoms with Crippen molar-refractivity contribution in [3.05, 3.63) is 0 Å². The van der Waals surface area contributed by atoms with Crippen LogP contribution in [-0.2, 0) is 9.68 Å². The minimum absolute atomic E-state index is 0.0751. The summed E-state index contributed by atoms with van der Waals surface area (Å²) < 4.78 is 0. The molecule has 0 saturated heterocycles. The van der Waals surface area contributed by atoms with Crippen molar-refractivity contribution in [3.63, 3.8) is 0 Å². The molecule has 0 aromatic rings. The number of fused-ring (bicyclic) bond motifs is 5. The largest absolute Gasteiger partial charge is 0.481 e. The molecule has 4 saturated carbocycles. The summed E-state index contributed by atoms with van der Waals surface area (Å²) in [6, 6.07) is 0. The van der Waals surface area contributed by atoms with Crippen LogP contribution in [0.2, 0.25) is 0 Å². The highest BCUT2D eigenvalue weighted by atomic mass is 17.1. The fraction of sp³-hybridized carbons (Fsp3) is 0.968. The van der Waals surface area contributed by atoms with Gasteiger partial charge in [-0.25, -0.2) is 4.89 Å². The molecule has 0 spiro atoms. The van der Waals surface area contributed by atoms with Gasteiger partial charge in [0.1, 0.15) is 0 Å². The summed E-state index contributed by atoms with van der Waals surface area (Å²) in [6.45, 7) is 12.6. The molecule has 0 heterocycles. The summed E-state index contributed by atoms with van der Waals surface area (Å²) in [5.41, 5.74) is 0.958. The second-order valence-corrected chi connectivity index (χ2v) is 14.3. The Kier molecular flexibility index (Phi) is 8.63. The summed E-state index contributed by atoms with van der Waals surface area (Å²) >= 11 is 0. The van der Waals surface area contributed by atoms with E-state index in [1.54, 1.807) is 0 Å². The molecule has 202 valence electrons. The van der Waals surface area contributed by atoms with E-state index in [2.05, 4.69) is 34.6 Å². The van der Waals surface area contributed by atoms with Gasteiger partial charge in [0.15, 0.2) is 0 Å². The molecule has 35 heavy (non-hydrogen) atoms. The molecular formula is C31H54O4. The Labute approximate surface area is 214 Å². The molecule has 10 unspecified atom stereocenters. The number of carboxylic acids is 1. The van der Waals surface area contributed by atoms with Gasteiger partial charge in [-0.3, -0.25) is 10.1 Å². The van der Waals surface area contributed by atoms with Crippen molar-refractivity contribution < 1.29 is 20.0 Å². The van der Waals surface area contributed by atoms with Gasteiger partial charge in [0, 0.05) is 6.42 Å². The Morgan fingerprint density at radius 2 is 1.63 bits per heavy atom. The summed E-state index contributed by atoms with van der Waals surface area (Å²) in [7, 11) is 0. The van der Waals surface area contributed by atoms with Crippen molar-refractivity contribution >= 4 is 5.97 Å². The molecule has 0 bridgehead atoms. The first-order valence-corrected chi connectivity index (χ1v) is 15.1. The minimum atomic E-state index is -0.803. The number of hydrogen-bond acceptors (Lipinski definition) is 3. The Bertz CT molecular complexity index is 721. The van der Waals surface area contributed by atoms with Gasteiger partial charge in [-0.1, -0.05) is 53.9 Å². The fourth-order valence-electron chi connectivity index (χ4n) is 10.3. The molecule has 4 nitrogen and oxygen atoms in total. The second-order valence-electron chi connectivity index (χ2n) is 14.3. The summed E-state index contributed by atoms with van der Waals surface area (Å²) in [6.07, 6.45) is 16.2. The Morgan fingerprint density at radius 3 is 2.31 bits per heavy atom. The second kappa shape index (κ2) is 11.0. The van der Waals surface area contributed by atoms with Crippen LogP contribution in [0.5, 0.6) is 0 Å². The Morgan fingerprint density at radius 1 is 0.914 bits per heavy atom. The average molecular weight is 491 g/mol. The van der Waals surface area contributed by atoms with E-state index in [-0.39, 0.29) is 12.5 Å². The normalized spacial score (nSPS) is 42.7. The summed E-state index contributed by atoms with van der Waals surface area (Å²) in [5, 5.41) is 18.6. The van der Waals surface area contributed by atoms with E-state index in [0.29, 0.717) is 29.1 Å². The topological polar surface area (TPSA) is 66.8 Å². The lowest BCUT2D eigenvalue weighted by atomic mass is 9.43. The van der Waals surface area contributed by atoms with E-state index in [0.717, 1.165) is 48.3 Å². The molecule has 10 atom stereocenters. The van der Waals surface area contributed by atoms with Crippen LogP contribution >= 0.6 is 0 Å². The first-order chi connectivity index (χ1) is 16.6. The zero-order valence-corrected chi connectivity index (χ0v) is 23.3. The maximum Gasteiger partial charge on any atom is 0.303 e. The lowest BCUT2D eigenvalue weighted by molar-refractivity contribution is -0.297. The van der Waals surface area contributed by atoms with Crippen LogP contribution in [0.3, 0.4) is 0 Å². The molecule has 4 heteroatoms. The summed E-state index contributed by atoms with van der Waals surface area (Å²) in [4.78, 5) is 15.9. The zero-order chi connectivity index (χ0) is 25.4. The maximum absolute atomic E-state index is 11.1. The van der Waals surface area contributed by atoms with Gasteiger partial charge in [0.05, 0.1) is 6.10 Å². The Hall–Kier alpha value is -0.610. The van der Waals surface area contributed by atoms with Crippen molar-refractivity contribution in [2.24, 2.45) is 58.2 Å². The maximum atomic E-state index is 11.1. The van der Waals surface area contributed by atoms with Crippen LogP contribution < -0.4 is 0 Å². The number of carboxylic acid groups (broad SMARTS) is 1. The first kappa shape index (κ1) is 27.4.